The highest BCUT2D eigenvalue weighted by atomic mass is 16.7. The van der Waals surface area contributed by atoms with E-state index in [1.54, 1.807) is 0 Å². The molecule has 0 saturated carbocycles. The Hall–Kier alpha value is -1.38. The van der Waals surface area contributed by atoms with Crippen molar-refractivity contribution in [2.45, 2.75) is 62.6 Å². The fourth-order valence-electron chi connectivity index (χ4n) is 3.31. The summed E-state index contributed by atoms with van der Waals surface area (Å²) in [6.07, 6.45) is -4.33. The molecule has 1 aliphatic heterocycles. The van der Waals surface area contributed by atoms with Gasteiger partial charge in [0, 0.05) is 0 Å². The number of aliphatic hydroxyl groups excluding tert-OH is 4. The molecule has 9 N–H and O–H groups in total. The maximum atomic E-state index is 11.8. The Morgan fingerprint density at radius 1 is 1.04 bits per heavy atom. The number of hydrogen-bond donors (Lipinski definition) is 9. The van der Waals surface area contributed by atoms with E-state index in [0.717, 1.165) is 27.7 Å². The molecule has 0 aromatic heterocycles. The third-order valence-electron chi connectivity index (χ3n) is 5.72. The van der Waals surface area contributed by atoms with Crippen molar-refractivity contribution in [3.8, 4) is 0 Å². The molecule has 0 bridgehead atoms. The monoisotopic (exact) mass is 397 g/mol. The van der Waals surface area contributed by atoms with Crippen molar-refractivity contribution < 1.29 is 55.2 Å². The molecule has 1 aliphatic rings. The fraction of sp³-hybridized carbons (Fsp3) is 0.867. The molecule has 6 atom stereocenters. The van der Waals surface area contributed by atoms with Gasteiger partial charge < -0.3 is 50.9 Å². The fourth-order valence-corrected chi connectivity index (χ4v) is 3.31. The van der Waals surface area contributed by atoms with Crippen LogP contribution in [0.4, 0.5) is 0 Å². The summed E-state index contributed by atoms with van der Waals surface area (Å²) in [7, 11) is 0. The second kappa shape index (κ2) is 6.90. The molecular formula is C15H27NO11. The minimum atomic E-state index is -3.21. The molecule has 0 spiro atoms. The number of carbonyl (C=O) groups is 2. The van der Waals surface area contributed by atoms with Crippen molar-refractivity contribution in [1.82, 2.24) is 5.32 Å². The van der Waals surface area contributed by atoms with Gasteiger partial charge in [-0.15, -0.1) is 0 Å². The summed E-state index contributed by atoms with van der Waals surface area (Å²) in [6.45, 7) is 1.50. The maximum Gasteiger partial charge on any atom is 0.364 e. The predicted molar refractivity (Wildman–Crippen MR) is 85.8 cm³/mol. The Morgan fingerprint density at radius 2 is 1.52 bits per heavy atom. The molecule has 12 heteroatoms. The van der Waals surface area contributed by atoms with E-state index in [2.05, 4.69) is 0 Å². The van der Waals surface area contributed by atoms with Gasteiger partial charge in [0.15, 0.2) is 5.72 Å². The average Bonchev–Trinajstić information content (AvgIpc) is 2.57. The van der Waals surface area contributed by atoms with Crippen LogP contribution in [0.1, 0.15) is 27.7 Å². The van der Waals surface area contributed by atoms with Crippen LogP contribution in [0.15, 0.2) is 0 Å². The van der Waals surface area contributed by atoms with Crippen LogP contribution >= 0.6 is 0 Å². The summed E-state index contributed by atoms with van der Waals surface area (Å²) in [6, 6.07) is 0. The highest BCUT2D eigenvalue weighted by molar-refractivity contribution is 5.79. The molecule has 27 heavy (non-hydrogen) atoms. The van der Waals surface area contributed by atoms with Gasteiger partial charge in [0.25, 0.3) is 5.79 Å². The molecule has 1 rings (SSSR count). The zero-order valence-electron chi connectivity index (χ0n) is 15.4. The zero-order valence-corrected chi connectivity index (χ0v) is 15.4. The highest BCUT2D eigenvalue weighted by Gasteiger charge is 2.80. The second-order valence-electron chi connectivity index (χ2n) is 7.47. The minimum Gasteiger partial charge on any atom is -0.477 e. The topological polar surface area (TPSA) is 217 Å². The number of aliphatic carboxylic acids is 1. The van der Waals surface area contributed by atoms with Crippen molar-refractivity contribution in [3.63, 3.8) is 0 Å². The molecule has 1 amide bonds. The molecule has 0 aromatic rings. The number of carbonyl (C=O) groups excluding carboxylic acids is 1. The Bertz CT molecular complexity index is 609. The summed E-state index contributed by atoms with van der Waals surface area (Å²) in [5.74, 6) is -6.44. The molecule has 0 radical (unpaired) electrons. The SMILES string of the molecule is CC1(C(O)C(O)CO)O[C@](O)(C(=O)O)C(C)(C)C(C)(O)[C@@]1(O)NC(=O)CO. The Balaban J connectivity index is 3.83. The zero-order chi connectivity index (χ0) is 21.6. The molecule has 1 fully saturated rings. The number of nitrogens with one attached hydrogen (secondary N) is 1. The molecule has 12 nitrogen and oxygen atoms in total. The van der Waals surface area contributed by atoms with Gasteiger partial charge in [0.2, 0.25) is 5.91 Å². The largest absolute Gasteiger partial charge is 0.477 e. The van der Waals surface area contributed by atoms with E-state index in [4.69, 9.17) is 14.9 Å². The number of aliphatic hydroxyl groups is 7. The van der Waals surface area contributed by atoms with E-state index in [1.807, 2.05) is 5.32 Å². The van der Waals surface area contributed by atoms with E-state index in [0.29, 0.717) is 0 Å². The van der Waals surface area contributed by atoms with Crippen molar-refractivity contribution in [2.24, 2.45) is 5.41 Å². The molecule has 0 aromatic carbocycles. The lowest BCUT2D eigenvalue weighted by Crippen LogP contribution is -2.89. The number of amides is 1. The summed E-state index contributed by atoms with van der Waals surface area (Å²) >= 11 is 0. The molecular weight excluding hydrogens is 370 g/mol. The number of hydrogen-bond acceptors (Lipinski definition) is 10. The maximum absolute atomic E-state index is 11.8. The molecule has 158 valence electrons. The van der Waals surface area contributed by atoms with Crippen LogP contribution in [0.25, 0.3) is 0 Å². The van der Waals surface area contributed by atoms with Crippen LogP contribution in [0, 0.1) is 5.41 Å². The summed E-state index contributed by atoms with van der Waals surface area (Å²) in [5, 5.41) is 82.6. The first-order valence-electron chi connectivity index (χ1n) is 7.99. The highest BCUT2D eigenvalue weighted by Crippen LogP contribution is 2.57. The molecule has 1 saturated heterocycles. The van der Waals surface area contributed by atoms with Gasteiger partial charge >= 0.3 is 5.97 Å². The van der Waals surface area contributed by atoms with Gasteiger partial charge in [0.1, 0.15) is 30.0 Å². The molecule has 1 heterocycles. The van der Waals surface area contributed by atoms with Crippen LogP contribution in [-0.4, -0.2) is 101 Å². The van der Waals surface area contributed by atoms with Crippen molar-refractivity contribution >= 4 is 11.9 Å². The van der Waals surface area contributed by atoms with E-state index in [1.165, 1.54) is 0 Å². The first-order chi connectivity index (χ1) is 12.0. The first kappa shape index (κ1) is 23.7. The van der Waals surface area contributed by atoms with Crippen molar-refractivity contribution in [3.05, 3.63) is 0 Å². The standard InChI is InChI=1S/C15H27NO11/c1-11(2)13(4,24)15(26,16-8(20)6-18)12(3,9(21)7(19)5-17)27-14(11,25)10(22)23/h7,9,17-19,21,24-26H,5-6H2,1-4H3,(H,16,20)(H,22,23)/t7?,9?,12?,13?,14-,15-/m1/s1. The lowest BCUT2D eigenvalue weighted by atomic mass is 9.57. The van der Waals surface area contributed by atoms with Crippen LogP contribution in [0.5, 0.6) is 0 Å². The van der Waals surface area contributed by atoms with Gasteiger partial charge in [-0.25, -0.2) is 4.79 Å². The lowest BCUT2D eigenvalue weighted by Gasteiger charge is -2.66. The van der Waals surface area contributed by atoms with Crippen LogP contribution in [-0.2, 0) is 14.3 Å². The average molecular weight is 397 g/mol. The van der Waals surface area contributed by atoms with E-state index in [9.17, 15) is 40.2 Å². The van der Waals surface area contributed by atoms with Gasteiger partial charge in [0.05, 0.1) is 12.0 Å². The Kier molecular flexibility index (Phi) is 6.05. The second-order valence-corrected chi connectivity index (χ2v) is 7.47. The van der Waals surface area contributed by atoms with Gasteiger partial charge in [-0.1, -0.05) is 13.8 Å². The smallest absolute Gasteiger partial charge is 0.364 e. The molecule has 4 unspecified atom stereocenters. The third-order valence-corrected chi connectivity index (χ3v) is 5.72. The molecule has 0 aliphatic carbocycles. The quantitative estimate of drug-likeness (QED) is 0.196. The van der Waals surface area contributed by atoms with Gasteiger partial charge in [-0.05, 0) is 13.8 Å². The normalized spacial score (nSPS) is 40.9. The number of carboxylic acids is 1. The Labute approximate surface area is 154 Å². The van der Waals surface area contributed by atoms with Crippen LogP contribution in [0.2, 0.25) is 0 Å². The number of ether oxygens (including phenoxy) is 1. The van der Waals surface area contributed by atoms with Gasteiger partial charge in [-0.2, -0.15) is 0 Å². The summed E-state index contributed by atoms with van der Waals surface area (Å²) < 4.78 is 5.15. The lowest BCUT2D eigenvalue weighted by molar-refractivity contribution is -0.446. The van der Waals surface area contributed by atoms with Crippen LogP contribution < -0.4 is 5.32 Å². The van der Waals surface area contributed by atoms with E-state index >= 15 is 0 Å². The van der Waals surface area contributed by atoms with Crippen molar-refractivity contribution in [1.29, 1.82) is 0 Å². The van der Waals surface area contributed by atoms with Crippen molar-refractivity contribution in [2.75, 3.05) is 13.2 Å². The van der Waals surface area contributed by atoms with Crippen LogP contribution in [0.3, 0.4) is 0 Å². The number of carboxylic acid groups (broad SMARTS) is 1. The first-order valence-corrected chi connectivity index (χ1v) is 7.99. The third kappa shape index (κ3) is 2.93. The predicted octanol–water partition coefficient (Wildman–Crippen LogP) is -4.16. The minimum absolute atomic E-state index is 0.811. The summed E-state index contributed by atoms with van der Waals surface area (Å²) in [4.78, 5) is 23.5. The Morgan fingerprint density at radius 3 is 1.89 bits per heavy atom. The van der Waals surface area contributed by atoms with Gasteiger partial charge in [-0.3, -0.25) is 4.79 Å². The van der Waals surface area contributed by atoms with E-state index in [-0.39, 0.29) is 0 Å². The number of rotatable bonds is 6. The van der Waals surface area contributed by atoms with E-state index < -0.39 is 65.4 Å². The summed E-state index contributed by atoms with van der Waals surface area (Å²) in [5.41, 5.74) is -10.7.